The van der Waals surface area contributed by atoms with E-state index in [9.17, 15) is 0 Å². The van der Waals surface area contributed by atoms with Crippen molar-refractivity contribution in [2.45, 2.75) is 19.4 Å². The van der Waals surface area contributed by atoms with Crippen LogP contribution in [-0.4, -0.2) is 40.3 Å². The van der Waals surface area contributed by atoms with Crippen molar-refractivity contribution in [1.29, 1.82) is 0 Å². The normalized spacial score (nSPS) is 12.8. The van der Waals surface area contributed by atoms with Crippen LogP contribution < -0.4 is 0 Å². The van der Waals surface area contributed by atoms with Crippen LogP contribution in [0.4, 0.5) is 0 Å². The molecule has 70 valence electrons. The molecule has 0 aliphatic heterocycles. The summed E-state index contributed by atoms with van der Waals surface area (Å²) in [5.41, 5.74) is 0. The Hall–Kier alpha value is 1.04. The van der Waals surface area contributed by atoms with Crippen molar-refractivity contribution in [1.82, 2.24) is 0 Å². The summed E-state index contributed by atoms with van der Waals surface area (Å²) < 4.78 is 15.6. The summed E-state index contributed by atoms with van der Waals surface area (Å²) in [6, 6.07) is 1.29. The third kappa shape index (κ3) is 14.0. The monoisotopic (exact) mass is 248 g/mol. The Morgan fingerprint density at radius 1 is 1.27 bits per heavy atom. The first-order valence-electron chi connectivity index (χ1n) is 3.56. The second-order valence-electron chi connectivity index (χ2n) is 1.99. The molecule has 0 radical (unpaired) electrons. The van der Waals surface area contributed by atoms with Crippen molar-refractivity contribution >= 4 is 52.7 Å². The van der Waals surface area contributed by atoms with E-state index < -0.39 is 20.0 Å². The minimum Gasteiger partial charge on any atom is -0.449 e. The highest BCUT2D eigenvalue weighted by Gasteiger charge is 1.88. The van der Waals surface area contributed by atoms with Gasteiger partial charge in [0.1, 0.15) is 20.2 Å². The van der Waals surface area contributed by atoms with E-state index in [1.54, 1.807) is 0 Å². The molecule has 0 spiro atoms. The summed E-state index contributed by atoms with van der Waals surface area (Å²) >= 11 is 0. The van der Waals surface area contributed by atoms with Crippen LogP contribution in [0.2, 0.25) is 6.04 Å². The maximum Gasteiger partial charge on any atom is 0.284 e. The molecule has 8 heteroatoms. The minimum absolute atomic E-state index is 0. The van der Waals surface area contributed by atoms with E-state index in [4.69, 9.17) is 12.3 Å². The van der Waals surface area contributed by atoms with Gasteiger partial charge in [0.15, 0.2) is 0 Å². The van der Waals surface area contributed by atoms with Gasteiger partial charge in [-0.2, -0.15) is 0 Å². The zero-order chi connectivity index (χ0) is 7.66. The Bertz CT molecular complexity index is 60.5. The average molecular weight is 249 g/mol. The lowest BCUT2D eigenvalue weighted by Gasteiger charge is -2.02. The van der Waals surface area contributed by atoms with E-state index in [-0.39, 0.29) is 22.2 Å². The van der Waals surface area contributed by atoms with Crippen molar-refractivity contribution in [3.05, 3.63) is 0 Å². The summed E-state index contributed by atoms with van der Waals surface area (Å²) in [6.07, 6.45) is 1.26. The standard InChI is InChI=1S/C3H16O3Si4.ClH/c1-2-3-8-5-10-6-9-4-7;/h2-3,8-10H2,1,7H3;1H. The maximum absolute atomic E-state index is 5.40. The first-order chi connectivity index (χ1) is 4.91. The van der Waals surface area contributed by atoms with E-state index in [0.717, 1.165) is 10.5 Å². The number of rotatable bonds is 7. The molecule has 0 N–H and O–H groups in total. The molecule has 0 aromatic carbocycles. The molecule has 0 aliphatic carbocycles. The highest BCUT2D eigenvalue weighted by atomic mass is 35.5. The summed E-state index contributed by atoms with van der Waals surface area (Å²) in [4.78, 5) is 0. The van der Waals surface area contributed by atoms with Gasteiger partial charge < -0.3 is 12.3 Å². The summed E-state index contributed by atoms with van der Waals surface area (Å²) in [6.45, 7) is 2.19. The second kappa shape index (κ2) is 13.6. The third-order valence-electron chi connectivity index (χ3n) is 1.01. The van der Waals surface area contributed by atoms with Gasteiger partial charge >= 0.3 is 0 Å². The third-order valence-corrected chi connectivity index (χ3v) is 6.10. The van der Waals surface area contributed by atoms with Crippen LogP contribution in [0.15, 0.2) is 0 Å². The predicted molar refractivity (Wildman–Crippen MR) is 61.2 cm³/mol. The molecular weight excluding hydrogens is 232 g/mol. The molecule has 0 amide bonds. The molecule has 0 bridgehead atoms. The SMILES string of the molecule is CCC[SiH2]O[SiH2]O[SiH2]O[SiH3].Cl. The van der Waals surface area contributed by atoms with E-state index in [2.05, 4.69) is 6.92 Å². The fourth-order valence-corrected chi connectivity index (χ4v) is 6.03. The largest absolute Gasteiger partial charge is 0.449 e. The van der Waals surface area contributed by atoms with Crippen LogP contribution in [-0.2, 0) is 12.3 Å². The molecule has 0 aromatic heterocycles. The number of halogens is 1. The van der Waals surface area contributed by atoms with Crippen LogP contribution >= 0.6 is 12.4 Å². The molecule has 0 atom stereocenters. The van der Waals surface area contributed by atoms with Gasteiger partial charge in [-0.25, -0.2) is 0 Å². The minimum atomic E-state index is -0.599. The van der Waals surface area contributed by atoms with E-state index in [0.29, 0.717) is 0 Å². The molecule has 0 saturated heterocycles. The first-order valence-corrected chi connectivity index (χ1v) is 8.26. The lowest BCUT2D eigenvalue weighted by Crippen LogP contribution is -2.12. The highest BCUT2D eigenvalue weighted by Crippen LogP contribution is 1.84. The zero-order valence-electron chi connectivity index (χ0n) is 7.17. The molecule has 0 fully saturated rings. The van der Waals surface area contributed by atoms with Gasteiger partial charge in [-0.15, -0.1) is 12.4 Å². The Morgan fingerprint density at radius 3 is 2.55 bits per heavy atom. The summed E-state index contributed by atoms with van der Waals surface area (Å²) in [5, 5.41) is 0. The Morgan fingerprint density at radius 2 is 2.00 bits per heavy atom. The number of hydrogen-bond acceptors (Lipinski definition) is 3. The molecule has 0 aromatic rings. The molecule has 11 heavy (non-hydrogen) atoms. The van der Waals surface area contributed by atoms with Crippen LogP contribution in [0.1, 0.15) is 13.3 Å². The molecule has 0 heterocycles. The van der Waals surface area contributed by atoms with E-state index in [1.165, 1.54) is 12.5 Å². The summed E-state index contributed by atoms with van der Waals surface area (Å²) in [5.74, 6) is 0. The van der Waals surface area contributed by atoms with Gasteiger partial charge in [0, 0.05) is 0 Å². The van der Waals surface area contributed by atoms with E-state index in [1.807, 2.05) is 0 Å². The van der Waals surface area contributed by atoms with Crippen molar-refractivity contribution < 1.29 is 12.3 Å². The Kier molecular flexibility index (Phi) is 18.0. The molecule has 0 aliphatic rings. The topological polar surface area (TPSA) is 27.7 Å². The van der Waals surface area contributed by atoms with E-state index >= 15 is 0 Å². The smallest absolute Gasteiger partial charge is 0.284 e. The lowest BCUT2D eigenvalue weighted by molar-refractivity contribution is 0.438. The Balaban J connectivity index is 0. The molecule has 0 unspecified atom stereocenters. The zero-order valence-corrected chi connectivity index (χ0v) is 14.2. The van der Waals surface area contributed by atoms with Crippen LogP contribution in [0.25, 0.3) is 0 Å². The van der Waals surface area contributed by atoms with Crippen LogP contribution in [0, 0.1) is 0 Å². The van der Waals surface area contributed by atoms with Gasteiger partial charge in [-0.3, -0.25) is 0 Å². The molecule has 0 rings (SSSR count). The van der Waals surface area contributed by atoms with Gasteiger partial charge in [0.2, 0.25) is 0 Å². The van der Waals surface area contributed by atoms with Crippen molar-refractivity contribution in [2.24, 2.45) is 0 Å². The lowest BCUT2D eigenvalue weighted by atomic mass is 10.6. The van der Waals surface area contributed by atoms with Crippen molar-refractivity contribution in [2.75, 3.05) is 0 Å². The Labute approximate surface area is 84.6 Å². The molecule has 0 saturated carbocycles. The van der Waals surface area contributed by atoms with Crippen molar-refractivity contribution in [3.63, 3.8) is 0 Å². The van der Waals surface area contributed by atoms with Crippen molar-refractivity contribution in [3.8, 4) is 0 Å². The predicted octanol–water partition coefficient (Wildman–Crippen LogP) is -2.35. The quantitative estimate of drug-likeness (QED) is 0.373. The summed E-state index contributed by atoms with van der Waals surface area (Å²) in [7, 11) is -0.570. The van der Waals surface area contributed by atoms with Gasteiger partial charge in [-0.1, -0.05) is 13.3 Å². The van der Waals surface area contributed by atoms with Gasteiger partial charge in [0.05, 0.1) is 0 Å². The second-order valence-corrected chi connectivity index (χ2v) is 9.15. The van der Waals surface area contributed by atoms with Gasteiger partial charge in [-0.05, 0) is 6.04 Å². The fraction of sp³-hybridized carbons (Fsp3) is 1.00. The average Bonchev–Trinajstić information content (AvgIpc) is 1.97. The van der Waals surface area contributed by atoms with Gasteiger partial charge in [0.25, 0.3) is 20.0 Å². The molecule has 3 nitrogen and oxygen atoms in total. The molecular formula is C3H17ClO3Si4. The van der Waals surface area contributed by atoms with Crippen LogP contribution in [0.5, 0.6) is 0 Å². The maximum atomic E-state index is 5.40. The highest BCUT2D eigenvalue weighted by molar-refractivity contribution is 6.44. The fourth-order valence-electron chi connectivity index (χ4n) is 0.482. The number of hydrogen-bond donors (Lipinski definition) is 0. The van der Waals surface area contributed by atoms with Crippen LogP contribution in [0.3, 0.4) is 0 Å². The first kappa shape index (κ1) is 14.6.